The molecule has 3 heteroatoms. The second-order valence-electron chi connectivity index (χ2n) is 5.32. The molecular weight excluding hydrogens is 214 g/mol. The maximum atomic E-state index is 10.7. The van der Waals surface area contributed by atoms with E-state index in [1.807, 2.05) is 0 Å². The van der Waals surface area contributed by atoms with E-state index in [9.17, 15) is 4.79 Å². The first-order valence-electron chi connectivity index (χ1n) is 7.16. The summed E-state index contributed by atoms with van der Waals surface area (Å²) in [5.41, 5.74) is 0. The Morgan fingerprint density at radius 2 is 2.06 bits per heavy atom. The Balaban J connectivity index is 2.09. The van der Waals surface area contributed by atoms with Gasteiger partial charge in [0.15, 0.2) is 0 Å². The zero-order valence-electron chi connectivity index (χ0n) is 11.2. The van der Waals surface area contributed by atoms with E-state index in [-0.39, 0.29) is 0 Å². The largest absolute Gasteiger partial charge is 0.481 e. The Morgan fingerprint density at radius 3 is 2.76 bits per heavy atom. The molecule has 0 aromatic carbocycles. The van der Waals surface area contributed by atoms with Gasteiger partial charge in [-0.1, -0.05) is 32.6 Å². The zero-order chi connectivity index (χ0) is 12.5. The van der Waals surface area contributed by atoms with Crippen molar-refractivity contribution in [3.05, 3.63) is 0 Å². The van der Waals surface area contributed by atoms with E-state index in [0.29, 0.717) is 12.3 Å². The van der Waals surface area contributed by atoms with Gasteiger partial charge < -0.3 is 10.0 Å². The highest BCUT2D eigenvalue weighted by atomic mass is 16.4. The fourth-order valence-electron chi connectivity index (χ4n) is 2.71. The Kier molecular flexibility index (Phi) is 7.25. The maximum Gasteiger partial charge on any atom is 0.303 e. The van der Waals surface area contributed by atoms with Crippen LogP contribution in [0.5, 0.6) is 0 Å². The van der Waals surface area contributed by atoms with E-state index in [2.05, 4.69) is 11.8 Å². The first kappa shape index (κ1) is 14.5. The van der Waals surface area contributed by atoms with Gasteiger partial charge in [-0.2, -0.15) is 0 Å². The van der Waals surface area contributed by atoms with Crippen molar-refractivity contribution < 1.29 is 9.90 Å². The molecule has 0 aliphatic carbocycles. The summed E-state index contributed by atoms with van der Waals surface area (Å²) in [6.07, 6.45) is 9.22. The lowest BCUT2D eigenvalue weighted by Crippen LogP contribution is -2.36. The number of likely N-dealkylation sites (tertiary alicyclic amines) is 1. The molecule has 100 valence electrons. The van der Waals surface area contributed by atoms with Crippen LogP contribution in [-0.2, 0) is 4.79 Å². The van der Waals surface area contributed by atoms with Crippen LogP contribution in [0, 0.1) is 5.92 Å². The molecule has 17 heavy (non-hydrogen) atoms. The first-order valence-corrected chi connectivity index (χ1v) is 7.16. The van der Waals surface area contributed by atoms with Crippen LogP contribution in [0.1, 0.15) is 58.3 Å². The van der Waals surface area contributed by atoms with Gasteiger partial charge in [-0.15, -0.1) is 0 Å². The van der Waals surface area contributed by atoms with E-state index in [1.165, 1.54) is 51.6 Å². The zero-order valence-corrected chi connectivity index (χ0v) is 11.2. The third-order valence-electron chi connectivity index (χ3n) is 3.64. The van der Waals surface area contributed by atoms with E-state index in [0.717, 1.165) is 13.0 Å². The number of carboxylic acids is 1. The topological polar surface area (TPSA) is 40.5 Å². The van der Waals surface area contributed by atoms with Crippen LogP contribution >= 0.6 is 0 Å². The molecule has 1 heterocycles. The highest BCUT2D eigenvalue weighted by Gasteiger charge is 2.21. The normalized spacial score (nSPS) is 21.6. The predicted octanol–water partition coefficient (Wildman–Crippen LogP) is 3.14. The molecule has 1 saturated heterocycles. The van der Waals surface area contributed by atoms with Crippen LogP contribution in [0.25, 0.3) is 0 Å². The maximum absolute atomic E-state index is 10.7. The van der Waals surface area contributed by atoms with Crippen molar-refractivity contribution in [1.82, 2.24) is 4.90 Å². The number of carbonyl (C=O) groups is 1. The summed E-state index contributed by atoms with van der Waals surface area (Å²) >= 11 is 0. The standard InChI is InChI=1S/C14H27NO2/c1-2-3-4-5-6-9-15-10-7-8-13(12-15)11-14(16)17/h13H,2-12H2,1H3,(H,16,17). The number of hydrogen-bond acceptors (Lipinski definition) is 2. The Morgan fingerprint density at radius 1 is 1.29 bits per heavy atom. The first-order chi connectivity index (χ1) is 8.22. The molecule has 0 bridgehead atoms. The molecule has 0 saturated carbocycles. The van der Waals surface area contributed by atoms with E-state index in [1.54, 1.807) is 0 Å². The van der Waals surface area contributed by atoms with Crippen LogP contribution in [0.4, 0.5) is 0 Å². The molecule has 3 nitrogen and oxygen atoms in total. The van der Waals surface area contributed by atoms with E-state index < -0.39 is 5.97 Å². The second kappa shape index (κ2) is 8.51. The lowest BCUT2D eigenvalue weighted by Gasteiger charge is -2.32. The Bertz CT molecular complexity index is 218. The van der Waals surface area contributed by atoms with Crippen molar-refractivity contribution >= 4 is 5.97 Å². The van der Waals surface area contributed by atoms with Crippen molar-refractivity contribution in [2.75, 3.05) is 19.6 Å². The van der Waals surface area contributed by atoms with E-state index in [4.69, 9.17) is 5.11 Å². The minimum atomic E-state index is -0.639. The van der Waals surface area contributed by atoms with Gasteiger partial charge in [-0.25, -0.2) is 0 Å². The minimum Gasteiger partial charge on any atom is -0.481 e. The van der Waals surface area contributed by atoms with E-state index >= 15 is 0 Å². The van der Waals surface area contributed by atoms with Crippen molar-refractivity contribution in [2.45, 2.75) is 58.3 Å². The van der Waals surface area contributed by atoms with Crippen LogP contribution in [0.3, 0.4) is 0 Å². The molecule has 0 aromatic heterocycles. The molecule has 1 atom stereocenters. The highest BCUT2D eigenvalue weighted by molar-refractivity contribution is 5.67. The van der Waals surface area contributed by atoms with Crippen LogP contribution in [0.15, 0.2) is 0 Å². The molecular formula is C14H27NO2. The van der Waals surface area contributed by atoms with Crippen molar-refractivity contribution in [3.8, 4) is 0 Å². The molecule has 1 rings (SSSR count). The van der Waals surface area contributed by atoms with Crippen molar-refractivity contribution in [1.29, 1.82) is 0 Å². The number of carboxylic acid groups (broad SMARTS) is 1. The third-order valence-corrected chi connectivity index (χ3v) is 3.64. The molecule has 1 fully saturated rings. The SMILES string of the molecule is CCCCCCCN1CCCC(CC(=O)O)C1. The Labute approximate surface area is 105 Å². The van der Waals surface area contributed by atoms with Gasteiger partial charge in [0.1, 0.15) is 0 Å². The Hall–Kier alpha value is -0.570. The summed E-state index contributed by atoms with van der Waals surface area (Å²) in [7, 11) is 0. The molecule has 0 amide bonds. The summed E-state index contributed by atoms with van der Waals surface area (Å²) in [5.74, 6) is -0.253. The number of aliphatic carboxylic acids is 1. The summed E-state index contributed by atoms with van der Waals surface area (Å²) in [5, 5.41) is 8.81. The summed E-state index contributed by atoms with van der Waals surface area (Å²) in [6, 6.07) is 0. The van der Waals surface area contributed by atoms with Gasteiger partial charge in [0.2, 0.25) is 0 Å². The summed E-state index contributed by atoms with van der Waals surface area (Å²) in [6.45, 7) is 5.57. The number of nitrogens with zero attached hydrogens (tertiary/aromatic N) is 1. The molecule has 1 aliphatic heterocycles. The predicted molar refractivity (Wildman–Crippen MR) is 70.2 cm³/mol. The second-order valence-corrected chi connectivity index (χ2v) is 5.32. The molecule has 1 unspecified atom stereocenters. The molecule has 1 aliphatic rings. The molecule has 1 N–H and O–H groups in total. The smallest absolute Gasteiger partial charge is 0.303 e. The lowest BCUT2D eigenvalue weighted by molar-refractivity contribution is -0.138. The van der Waals surface area contributed by atoms with Crippen molar-refractivity contribution in [2.24, 2.45) is 5.92 Å². The number of hydrogen-bond donors (Lipinski definition) is 1. The molecule has 0 radical (unpaired) electrons. The number of unbranched alkanes of at least 4 members (excludes halogenated alkanes) is 4. The van der Waals surface area contributed by atoms with Crippen LogP contribution in [0.2, 0.25) is 0 Å². The van der Waals surface area contributed by atoms with Crippen LogP contribution < -0.4 is 0 Å². The monoisotopic (exact) mass is 241 g/mol. The number of piperidine rings is 1. The number of rotatable bonds is 8. The summed E-state index contributed by atoms with van der Waals surface area (Å²) in [4.78, 5) is 13.1. The summed E-state index contributed by atoms with van der Waals surface area (Å²) < 4.78 is 0. The van der Waals surface area contributed by atoms with Gasteiger partial charge in [0, 0.05) is 13.0 Å². The molecule has 0 aromatic rings. The third kappa shape index (κ3) is 6.67. The fraction of sp³-hybridized carbons (Fsp3) is 0.929. The molecule has 0 spiro atoms. The lowest BCUT2D eigenvalue weighted by atomic mass is 9.94. The fourth-order valence-corrected chi connectivity index (χ4v) is 2.71. The van der Waals surface area contributed by atoms with Gasteiger partial charge >= 0.3 is 5.97 Å². The van der Waals surface area contributed by atoms with Crippen molar-refractivity contribution in [3.63, 3.8) is 0 Å². The van der Waals surface area contributed by atoms with Gasteiger partial charge in [-0.3, -0.25) is 4.79 Å². The average Bonchev–Trinajstić information content (AvgIpc) is 2.28. The highest BCUT2D eigenvalue weighted by Crippen LogP contribution is 2.20. The quantitative estimate of drug-likeness (QED) is 0.664. The van der Waals surface area contributed by atoms with Gasteiger partial charge in [0.05, 0.1) is 0 Å². The van der Waals surface area contributed by atoms with Gasteiger partial charge in [0.25, 0.3) is 0 Å². The average molecular weight is 241 g/mol. The van der Waals surface area contributed by atoms with Gasteiger partial charge in [-0.05, 0) is 38.3 Å². The van der Waals surface area contributed by atoms with Crippen LogP contribution in [-0.4, -0.2) is 35.6 Å². The minimum absolute atomic E-state index is 0.354.